The van der Waals surface area contributed by atoms with Crippen LogP contribution in [0.3, 0.4) is 0 Å². The lowest BCUT2D eigenvalue weighted by Gasteiger charge is -2.35. The van der Waals surface area contributed by atoms with E-state index in [9.17, 15) is 8.42 Å². The van der Waals surface area contributed by atoms with E-state index in [-0.39, 0.29) is 0 Å². The van der Waals surface area contributed by atoms with Crippen molar-refractivity contribution in [1.82, 2.24) is 13.5 Å². The number of hydrogen-bond acceptors (Lipinski definition) is 3. The monoisotopic (exact) mass is 317 g/mol. The van der Waals surface area contributed by atoms with Gasteiger partial charge in [-0.3, -0.25) is 4.90 Å². The van der Waals surface area contributed by atoms with Gasteiger partial charge in [0, 0.05) is 51.8 Å². The summed E-state index contributed by atoms with van der Waals surface area (Å²) in [6.45, 7) is 3.39. The summed E-state index contributed by atoms with van der Waals surface area (Å²) < 4.78 is 26.8. The Labute approximate surface area is 125 Å². The smallest absolute Gasteiger partial charge is 0.281 e. The predicted molar refractivity (Wildman–Crippen MR) is 80.9 cm³/mol. The van der Waals surface area contributed by atoms with Crippen LogP contribution in [0.25, 0.3) is 0 Å². The van der Waals surface area contributed by atoms with Gasteiger partial charge in [-0.1, -0.05) is 23.7 Å². The second kappa shape index (κ2) is 6.41. The number of hydrogen-bond donors (Lipinski definition) is 0. The molecule has 1 fully saturated rings. The minimum Gasteiger partial charge on any atom is -0.296 e. The van der Waals surface area contributed by atoms with Crippen molar-refractivity contribution in [3.05, 3.63) is 34.9 Å². The minimum atomic E-state index is -3.28. The average molecular weight is 318 g/mol. The van der Waals surface area contributed by atoms with Crippen molar-refractivity contribution in [2.45, 2.75) is 6.54 Å². The number of rotatable bonds is 4. The molecule has 0 aliphatic carbocycles. The Balaban J connectivity index is 1.90. The normalized spacial score (nSPS) is 18.6. The fourth-order valence-electron chi connectivity index (χ4n) is 2.20. The van der Waals surface area contributed by atoms with Gasteiger partial charge in [0.2, 0.25) is 0 Å². The molecule has 0 radical (unpaired) electrons. The van der Waals surface area contributed by atoms with Crippen LogP contribution in [0.2, 0.25) is 5.02 Å². The van der Waals surface area contributed by atoms with Crippen LogP contribution in [-0.2, 0) is 16.8 Å². The van der Waals surface area contributed by atoms with E-state index < -0.39 is 10.2 Å². The molecule has 0 N–H and O–H groups in total. The van der Waals surface area contributed by atoms with Crippen LogP contribution in [0, 0.1) is 0 Å². The Hall–Kier alpha value is -0.660. The third-order valence-electron chi connectivity index (χ3n) is 3.44. The standard InChI is InChI=1S/C13H20ClN3O2S/c1-15(2)20(18,19)17-9-7-16(8-10-17)11-12-3-5-13(14)6-4-12/h3-6H,7-11H2,1-2H3. The summed E-state index contributed by atoms with van der Waals surface area (Å²) in [5.41, 5.74) is 1.19. The predicted octanol–water partition coefficient (Wildman–Crippen LogP) is 1.26. The third-order valence-corrected chi connectivity index (χ3v) is 5.63. The molecule has 0 amide bonds. The van der Waals surface area contributed by atoms with Crippen molar-refractivity contribution in [2.75, 3.05) is 40.3 Å². The van der Waals surface area contributed by atoms with E-state index >= 15 is 0 Å². The molecule has 1 saturated heterocycles. The van der Waals surface area contributed by atoms with Gasteiger partial charge in [0.25, 0.3) is 10.2 Å². The summed E-state index contributed by atoms with van der Waals surface area (Å²) in [5.74, 6) is 0. The number of piperazine rings is 1. The number of nitrogens with zero attached hydrogens (tertiary/aromatic N) is 3. The van der Waals surface area contributed by atoms with Crippen molar-refractivity contribution in [2.24, 2.45) is 0 Å². The van der Waals surface area contributed by atoms with Crippen LogP contribution >= 0.6 is 11.6 Å². The van der Waals surface area contributed by atoms with Gasteiger partial charge < -0.3 is 0 Å². The number of halogens is 1. The highest BCUT2D eigenvalue weighted by atomic mass is 35.5. The SMILES string of the molecule is CN(C)S(=O)(=O)N1CCN(Cc2ccc(Cl)cc2)CC1. The number of benzene rings is 1. The van der Waals surface area contributed by atoms with Crippen LogP contribution in [0.5, 0.6) is 0 Å². The minimum absolute atomic E-state index is 0.536. The van der Waals surface area contributed by atoms with Crippen molar-refractivity contribution in [3.63, 3.8) is 0 Å². The highest BCUT2D eigenvalue weighted by Crippen LogP contribution is 2.14. The summed E-state index contributed by atoms with van der Waals surface area (Å²) in [5, 5.41) is 0.732. The van der Waals surface area contributed by atoms with Gasteiger partial charge in [0.05, 0.1) is 0 Å². The molecule has 1 aliphatic heterocycles. The molecule has 7 heteroatoms. The molecule has 1 aromatic rings. The molecule has 2 rings (SSSR count). The van der Waals surface area contributed by atoms with Crippen LogP contribution in [0.4, 0.5) is 0 Å². The van der Waals surface area contributed by atoms with E-state index in [1.807, 2.05) is 24.3 Å². The molecule has 0 aromatic heterocycles. The van der Waals surface area contributed by atoms with Crippen LogP contribution in [-0.4, -0.2) is 62.2 Å². The average Bonchev–Trinajstić information content (AvgIpc) is 2.42. The Morgan fingerprint density at radius 3 is 2.15 bits per heavy atom. The maximum absolute atomic E-state index is 12.0. The van der Waals surface area contributed by atoms with Crippen molar-refractivity contribution >= 4 is 21.8 Å². The van der Waals surface area contributed by atoms with Gasteiger partial charge in [-0.15, -0.1) is 0 Å². The van der Waals surface area contributed by atoms with Crippen molar-refractivity contribution in [1.29, 1.82) is 0 Å². The summed E-state index contributed by atoms with van der Waals surface area (Å²) in [4.78, 5) is 2.25. The second-order valence-electron chi connectivity index (χ2n) is 5.09. The molecule has 0 saturated carbocycles. The lowest BCUT2D eigenvalue weighted by Crippen LogP contribution is -2.51. The maximum Gasteiger partial charge on any atom is 0.281 e. The van der Waals surface area contributed by atoms with E-state index in [2.05, 4.69) is 4.90 Å². The van der Waals surface area contributed by atoms with Crippen LogP contribution < -0.4 is 0 Å². The first-order chi connectivity index (χ1) is 9.39. The Morgan fingerprint density at radius 2 is 1.65 bits per heavy atom. The quantitative estimate of drug-likeness (QED) is 0.840. The summed E-state index contributed by atoms with van der Waals surface area (Å²) >= 11 is 5.86. The first-order valence-corrected chi connectivity index (χ1v) is 8.31. The fraction of sp³-hybridized carbons (Fsp3) is 0.538. The lowest BCUT2D eigenvalue weighted by molar-refractivity contribution is 0.177. The molecule has 0 unspecified atom stereocenters. The van der Waals surface area contributed by atoms with Gasteiger partial charge in [-0.2, -0.15) is 17.0 Å². The molecule has 1 heterocycles. The van der Waals surface area contributed by atoms with Crippen LogP contribution in [0.1, 0.15) is 5.56 Å². The first kappa shape index (κ1) is 15.7. The molecule has 1 aliphatic rings. The highest BCUT2D eigenvalue weighted by Gasteiger charge is 2.28. The van der Waals surface area contributed by atoms with E-state index in [1.165, 1.54) is 14.2 Å². The van der Waals surface area contributed by atoms with Gasteiger partial charge in [-0.05, 0) is 17.7 Å². The Kier molecular flexibility index (Phi) is 5.04. The second-order valence-corrected chi connectivity index (χ2v) is 7.67. The van der Waals surface area contributed by atoms with Gasteiger partial charge in [-0.25, -0.2) is 0 Å². The molecule has 0 bridgehead atoms. The molecule has 112 valence electrons. The molecule has 5 nitrogen and oxygen atoms in total. The zero-order valence-electron chi connectivity index (χ0n) is 11.8. The van der Waals surface area contributed by atoms with Crippen molar-refractivity contribution in [3.8, 4) is 0 Å². The third kappa shape index (κ3) is 3.71. The van der Waals surface area contributed by atoms with Crippen molar-refractivity contribution < 1.29 is 8.42 Å². The van der Waals surface area contributed by atoms with Crippen LogP contribution in [0.15, 0.2) is 24.3 Å². The molecule has 0 atom stereocenters. The molecule has 1 aromatic carbocycles. The summed E-state index contributed by atoms with van der Waals surface area (Å²) in [7, 11) is -0.150. The summed E-state index contributed by atoms with van der Waals surface area (Å²) in [6, 6.07) is 7.77. The first-order valence-electron chi connectivity index (χ1n) is 6.54. The lowest BCUT2D eigenvalue weighted by atomic mass is 10.2. The van der Waals surface area contributed by atoms with E-state index in [1.54, 1.807) is 14.1 Å². The highest BCUT2D eigenvalue weighted by molar-refractivity contribution is 7.86. The van der Waals surface area contributed by atoms with E-state index in [0.29, 0.717) is 13.1 Å². The molecule has 0 spiro atoms. The zero-order valence-corrected chi connectivity index (χ0v) is 13.4. The topological polar surface area (TPSA) is 43.9 Å². The maximum atomic E-state index is 12.0. The van der Waals surface area contributed by atoms with E-state index in [4.69, 9.17) is 11.6 Å². The molecule has 20 heavy (non-hydrogen) atoms. The molecular weight excluding hydrogens is 298 g/mol. The van der Waals surface area contributed by atoms with E-state index in [0.717, 1.165) is 24.7 Å². The zero-order chi connectivity index (χ0) is 14.8. The Bertz CT molecular complexity index is 537. The summed E-state index contributed by atoms with van der Waals surface area (Å²) in [6.07, 6.45) is 0. The molecular formula is C13H20ClN3O2S. The largest absolute Gasteiger partial charge is 0.296 e. The Morgan fingerprint density at radius 1 is 1.10 bits per heavy atom. The van der Waals surface area contributed by atoms with Gasteiger partial charge >= 0.3 is 0 Å². The van der Waals surface area contributed by atoms with Gasteiger partial charge in [0.1, 0.15) is 0 Å². The van der Waals surface area contributed by atoms with Gasteiger partial charge in [0.15, 0.2) is 0 Å². The fourth-order valence-corrected chi connectivity index (χ4v) is 3.41.